The van der Waals surface area contributed by atoms with Gasteiger partial charge in [0.15, 0.2) is 0 Å². The Kier molecular flexibility index (Phi) is 4.67. The first kappa shape index (κ1) is 20.6. The molecule has 0 saturated carbocycles. The third-order valence-corrected chi connectivity index (χ3v) is 6.90. The Hall–Kier alpha value is -4.77. The van der Waals surface area contributed by atoms with E-state index in [2.05, 4.69) is 106 Å². The summed E-state index contributed by atoms with van der Waals surface area (Å²) in [6.45, 7) is 0. The molecule has 2 aliphatic rings. The molecule has 0 radical (unpaired) electrons. The van der Waals surface area contributed by atoms with E-state index < -0.39 is 0 Å². The van der Waals surface area contributed by atoms with Gasteiger partial charge < -0.3 is 14.5 Å². The van der Waals surface area contributed by atoms with E-state index in [1.807, 2.05) is 42.6 Å². The second-order valence-corrected chi connectivity index (χ2v) is 9.06. The van der Waals surface area contributed by atoms with Crippen LogP contribution in [0.15, 0.2) is 122 Å². The molecule has 5 heteroatoms. The van der Waals surface area contributed by atoms with Gasteiger partial charge in [-0.1, -0.05) is 42.5 Å². The zero-order valence-corrected chi connectivity index (χ0v) is 19.8. The third-order valence-electron chi connectivity index (χ3n) is 6.90. The Morgan fingerprint density at radius 1 is 0.778 bits per heavy atom. The summed E-state index contributed by atoms with van der Waals surface area (Å²) < 4.78 is 8.60. The zero-order valence-electron chi connectivity index (χ0n) is 19.8. The van der Waals surface area contributed by atoms with Crippen LogP contribution >= 0.6 is 0 Å². The Labute approximate surface area is 209 Å². The van der Waals surface area contributed by atoms with Crippen molar-refractivity contribution >= 4 is 27.5 Å². The number of likely N-dealkylation sites (N-methyl/N-ethyl adjacent to an activating group) is 1. The quantitative estimate of drug-likeness (QED) is 0.286. The molecule has 36 heavy (non-hydrogen) atoms. The molecule has 0 aliphatic carbocycles. The summed E-state index contributed by atoms with van der Waals surface area (Å²) in [5.41, 5.74) is 4.47. The van der Waals surface area contributed by atoms with Crippen molar-refractivity contribution < 1.29 is 4.74 Å². The fourth-order valence-electron chi connectivity index (χ4n) is 5.20. The van der Waals surface area contributed by atoms with Crippen molar-refractivity contribution in [2.75, 3.05) is 7.05 Å². The SMILES string of the molecule is CN1C(c2cccc(Oc3ccc4c5ccccc5n(-c5ccccn5)c4c3)c2)=CN2C=CC=CC21. The van der Waals surface area contributed by atoms with Crippen molar-refractivity contribution in [1.29, 1.82) is 0 Å². The average molecular weight is 469 g/mol. The number of hydrogen-bond acceptors (Lipinski definition) is 4. The number of rotatable bonds is 4. The Balaban J connectivity index is 1.27. The number of pyridine rings is 1. The number of benzene rings is 3. The lowest BCUT2D eigenvalue weighted by atomic mass is 10.1. The van der Waals surface area contributed by atoms with Crippen molar-refractivity contribution in [2.45, 2.75) is 6.17 Å². The molecule has 1 atom stereocenters. The third kappa shape index (κ3) is 3.28. The van der Waals surface area contributed by atoms with E-state index in [0.717, 1.165) is 39.6 Å². The molecule has 4 heterocycles. The number of nitrogens with zero attached hydrogens (tertiary/aromatic N) is 4. The fraction of sp³-hybridized carbons (Fsp3) is 0.0645. The highest BCUT2D eigenvalue weighted by Crippen LogP contribution is 2.36. The summed E-state index contributed by atoms with van der Waals surface area (Å²) in [4.78, 5) is 9.12. The highest BCUT2D eigenvalue weighted by Gasteiger charge is 2.28. The van der Waals surface area contributed by atoms with Gasteiger partial charge in [-0.3, -0.25) is 4.57 Å². The lowest BCUT2D eigenvalue weighted by Crippen LogP contribution is -2.33. The minimum atomic E-state index is 0.213. The van der Waals surface area contributed by atoms with Crippen LogP contribution in [0, 0.1) is 0 Å². The molecule has 0 N–H and O–H groups in total. The molecule has 3 aromatic carbocycles. The smallest absolute Gasteiger partial charge is 0.137 e. The lowest BCUT2D eigenvalue weighted by Gasteiger charge is -2.28. The van der Waals surface area contributed by atoms with Crippen LogP contribution < -0.4 is 4.74 Å². The van der Waals surface area contributed by atoms with Crippen LogP contribution in [0.1, 0.15) is 5.56 Å². The molecule has 2 aliphatic heterocycles. The van der Waals surface area contributed by atoms with E-state index >= 15 is 0 Å². The monoisotopic (exact) mass is 468 g/mol. The van der Waals surface area contributed by atoms with Crippen LogP contribution in [0.25, 0.3) is 33.3 Å². The van der Waals surface area contributed by atoms with Crippen LogP contribution in [-0.4, -0.2) is 32.6 Å². The van der Waals surface area contributed by atoms with E-state index in [9.17, 15) is 0 Å². The first-order valence-corrected chi connectivity index (χ1v) is 12.1. The molecule has 5 nitrogen and oxygen atoms in total. The standard InChI is InChI=1S/C31H24N4O/c1-33-29(21-34-18-7-5-14-31(33)34)22-9-8-10-23(19-22)36-24-15-16-26-25-11-2-3-12-27(25)35(28(26)20-24)30-13-4-6-17-32-30/h2-21,31H,1H3. The number of hydrogen-bond donors (Lipinski definition) is 0. The van der Waals surface area contributed by atoms with Gasteiger partial charge >= 0.3 is 0 Å². The average Bonchev–Trinajstić information content (AvgIpc) is 3.44. The van der Waals surface area contributed by atoms with Gasteiger partial charge in [0.2, 0.25) is 0 Å². The Morgan fingerprint density at radius 2 is 1.64 bits per heavy atom. The van der Waals surface area contributed by atoms with Crippen LogP contribution in [0.3, 0.4) is 0 Å². The minimum absolute atomic E-state index is 0.213. The van der Waals surface area contributed by atoms with Gasteiger partial charge in [-0.05, 0) is 54.6 Å². The maximum atomic E-state index is 6.41. The van der Waals surface area contributed by atoms with Crippen molar-refractivity contribution in [1.82, 2.24) is 19.4 Å². The maximum absolute atomic E-state index is 6.41. The molecule has 7 rings (SSSR count). The Bertz CT molecular complexity index is 1700. The van der Waals surface area contributed by atoms with Crippen LogP contribution in [0.4, 0.5) is 0 Å². The van der Waals surface area contributed by atoms with E-state index in [1.165, 1.54) is 10.8 Å². The topological polar surface area (TPSA) is 33.5 Å². The molecular weight excluding hydrogens is 444 g/mol. The minimum Gasteiger partial charge on any atom is -0.457 e. The Morgan fingerprint density at radius 3 is 2.53 bits per heavy atom. The molecule has 0 fully saturated rings. The van der Waals surface area contributed by atoms with Gasteiger partial charge in [-0.2, -0.15) is 0 Å². The van der Waals surface area contributed by atoms with E-state index in [4.69, 9.17) is 4.74 Å². The van der Waals surface area contributed by atoms with Crippen molar-refractivity contribution in [3.05, 3.63) is 127 Å². The molecule has 2 aromatic heterocycles. The number of allylic oxidation sites excluding steroid dienone is 2. The van der Waals surface area contributed by atoms with Crippen LogP contribution in [-0.2, 0) is 0 Å². The maximum Gasteiger partial charge on any atom is 0.137 e. The summed E-state index contributed by atoms with van der Waals surface area (Å²) in [6.07, 6.45) is 12.7. The van der Waals surface area contributed by atoms with Gasteiger partial charge in [0.1, 0.15) is 23.5 Å². The first-order valence-electron chi connectivity index (χ1n) is 12.1. The van der Waals surface area contributed by atoms with Gasteiger partial charge in [-0.25, -0.2) is 4.98 Å². The molecule has 0 bridgehead atoms. The number of fused-ring (bicyclic) bond motifs is 4. The second-order valence-electron chi connectivity index (χ2n) is 9.06. The largest absolute Gasteiger partial charge is 0.457 e. The van der Waals surface area contributed by atoms with E-state index in [0.29, 0.717) is 0 Å². The summed E-state index contributed by atoms with van der Waals surface area (Å²) in [7, 11) is 2.12. The molecule has 0 amide bonds. The van der Waals surface area contributed by atoms with Crippen molar-refractivity contribution in [3.63, 3.8) is 0 Å². The number of para-hydroxylation sites is 1. The van der Waals surface area contributed by atoms with Gasteiger partial charge in [-0.15, -0.1) is 0 Å². The fourth-order valence-corrected chi connectivity index (χ4v) is 5.20. The van der Waals surface area contributed by atoms with Crippen molar-refractivity contribution in [3.8, 4) is 17.3 Å². The molecule has 0 saturated heterocycles. The van der Waals surface area contributed by atoms with E-state index in [1.54, 1.807) is 0 Å². The summed E-state index contributed by atoms with van der Waals surface area (Å²) in [5.74, 6) is 2.48. The molecule has 0 spiro atoms. The van der Waals surface area contributed by atoms with Gasteiger partial charge in [0.25, 0.3) is 0 Å². The van der Waals surface area contributed by atoms with Gasteiger partial charge in [0.05, 0.1) is 16.7 Å². The van der Waals surface area contributed by atoms with Crippen molar-refractivity contribution in [2.24, 2.45) is 0 Å². The van der Waals surface area contributed by atoms with Gasteiger partial charge in [0, 0.05) is 48.0 Å². The van der Waals surface area contributed by atoms with E-state index in [-0.39, 0.29) is 6.17 Å². The highest BCUT2D eigenvalue weighted by atomic mass is 16.5. The van der Waals surface area contributed by atoms with Crippen LogP contribution in [0.5, 0.6) is 11.5 Å². The molecular formula is C31H24N4O. The molecule has 1 unspecified atom stereocenters. The molecule has 5 aromatic rings. The highest BCUT2D eigenvalue weighted by molar-refractivity contribution is 6.09. The number of ether oxygens (including phenoxy) is 1. The second kappa shape index (κ2) is 8.17. The molecule has 174 valence electrons. The first-order chi connectivity index (χ1) is 17.8. The normalized spacial score (nSPS) is 16.6. The number of aromatic nitrogens is 2. The summed E-state index contributed by atoms with van der Waals surface area (Å²) >= 11 is 0. The predicted octanol–water partition coefficient (Wildman–Crippen LogP) is 6.93. The van der Waals surface area contributed by atoms with Crippen LogP contribution in [0.2, 0.25) is 0 Å². The summed E-state index contributed by atoms with van der Waals surface area (Å²) in [5, 5.41) is 2.37. The zero-order chi connectivity index (χ0) is 24.1. The lowest BCUT2D eigenvalue weighted by molar-refractivity contribution is 0.284. The summed E-state index contributed by atoms with van der Waals surface area (Å²) in [6, 6.07) is 29.0. The predicted molar refractivity (Wildman–Crippen MR) is 145 cm³/mol.